The van der Waals surface area contributed by atoms with Gasteiger partial charge in [-0.25, -0.2) is 4.79 Å². The van der Waals surface area contributed by atoms with Crippen LogP contribution in [0.4, 0.5) is 4.79 Å². The second kappa shape index (κ2) is 7.24. The van der Waals surface area contributed by atoms with Gasteiger partial charge in [0.15, 0.2) is 0 Å². The maximum atomic E-state index is 12.0. The van der Waals surface area contributed by atoms with Gasteiger partial charge in [0.2, 0.25) is 5.91 Å². The van der Waals surface area contributed by atoms with E-state index in [0.717, 1.165) is 25.7 Å². The van der Waals surface area contributed by atoms with Gasteiger partial charge in [-0.1, -0.05) is 18.2 Å². The zero-order chi connectivity index (χ0) is 17.1. The van der Waals surface area contributed by atoms with Crippen molar-refractivity contribution < 1.29 is 14.3 Å². The predicted octanol–water partition coefficient (Wildman–Crippen LogP) is 2.73. The third-order valence-electron chi connectivity index (χ3n) is 4.86. The van der Waals surface area contributed by atoms with E-state index in [-0.39, 0.29) is 18.1 Å². The van der Waals surface area contributed by atoms with Crippen molar-refractivity contribution in [3.05, 3.63) is 34.9 Å². The standard InChI is InChI=1S/C19H26N2O3/c1-13-6-7-15(10-14(13)2)4-3-5-18(22)20-11-17-12-21(16-8-9-16)19(23)24-17/h6-7,10,16-17H,3-5,8-9,11-12H2,1-2H3,(H,20,22). The molecule has 1 atom stereocenters. The fourth-order valence-corrected chi connectivity index (χ4v) is 3.06. The lowest BCUT2D eigenvalue weighted by atomic mass is 10.0. The smallest absolute Gasteiger partial charge is 0.410 e. The predicted molar refractivity (Wildman–Crippen MR) is 91.9 cm³/mol. The van der Waals surface area contributed by atoms with E-state index in [0.29, 0.717) is 25.6 Å². The largest absolute Gasteiger partial charge is 0.442 e. The summed E-state index contributed by atoms with van der Waals surface area (Å²) >= 11 is 0. The molecule has 130 valence electrons. The van der Waals surface area contributed by atoms with E-state index in [1.807, 2.05) is 0 Å². The van der Waals surface area contributed by atoms with Gasteiger partial charge in [0.1, 0.15) is 6.10 Å². The highest BCUT2D eigenvalue weighted by molar-refractivity contribution is 5.76. The lowest BCUT2D eigenvalue weighted by molar-refractivity contribution is -0.121. The van der Waals surface area contributed by atoms with Gasteiger partial charge >= 0.3 is 6.09 Å². The maximum absolute atomic E-state index is 12.0. The molecule has 24 heavy (non-hydrogen) atoms. The molecule has 1 heterocycles. The van der Waals surface area contributed by atoms with Gasteiger partial charge in [0.25, 0.3) is 0 Å². The molecule has 2 amide bonds. The number of hydrogen-bond donors (Lipinski definition) is 1. The Balaban J connectivity index is 1.34. The molecule has 1 N–H and O–H groups in total. The molecule has 3 rings (SSSR count). The SMILES string of the molecule is Cc1ccc(CCCC(=O)NCC2CN(C3CC3)C(=O)O2)cc1C. The summed E-state index contributed by atoms with van der Waals surface area (Å²) in [7, 11) is 0. The maximum Gasteiger partial charge on any atom is 0.410 e. The van der Waals surface area contributed by atoms with Crippen LogP contribution >= 0.6 is 0 Å². The van der Waals surface area contributed by atoms with Crippen molar-refractivity contribution in [2.45, 2.75) is 58.1 Å². The average Bonchev–Trinajstić information content (AvgIpc) is 3.32. The van der Waals surface area contributed by atoms with Crippen LogP contribution in [0.25, 0.3) is 0 Å². The molecule has 5 heteroatoms. The number of nitrogens with one attached hydrogen (secondary N) is 1. The van der Waals surface area contributed by atoms with Crippen LogP contribution in [0, 0.1) is 13.8 Å². The number of amides is 2. The molecular weight excluding hydrogens is 304 g/mol. The van der Waals surface area contributed by atoms with Gasteiger partial charge in [0.05, 0.1) is 13.1 Å². The third-order valence-corrected chi connectivity index (χ3v) is 4.86. The van der Waals surface area contributed by atoms with Crippen molar-refractivity contribution >= 4 is 12.0 Å². The minimum atomic E-state index is -0.230. The van der Waals surface area contributed by atoms with E-state index < -0.39 is 0 Å². The number of aryl methyl sites for hydroxylation is 3. The summed E-state index contributed by atoms with van der Waals surface area (Å²) in [5.41, 5.74) is 3.86. The first-order valence-corrected chi connectivity index (χ1v) is 8.83. The number of cyclic esters (lactones) is 1. The van der Waals surface area contributed by atoms with Crippen molar-refractivity contribution in [2.24, 2.45) is 0 Å². The van der Waals surface area contributed by atoms with Crippen molar-refractivity contribution in [1.82, 2.24) is 10.2 Å². The van der Waals surface area contributed by atoms with E-state index >= 15 is 0 Å². The molecule has 2 fully saturated rings. The molecule has 1 unspecified atom stereocenters. The second-order valence-corrected chi connectivity index (χ2v) is 6.97. The van der Waals surface area contributed by atoms with Gasteiger partial charge in [-0.3, -0.25) is 4.79 Å². The Kier molecular flexibility index (Phi) is 5.07. The van der Waals surface area contributed by atoms with E-state index in [9.17, 15) is 9.59 Å². The van der Waals surface area contributed by atoms with Gasteiger partial charge in [0, 0.05) is 12.5 Å². The summed E-state index contributed by atoms with van der Waals surface area (Å²) < 4.78 is 5.30. The molecule has 0 spiro atoms. The third kappa shape index (κ3) is 4.28. The molecule has 1 saturated heterocycles. The fraction of sp³-hybridized carbons (Fsp3) is 0.579. The van der Waals surface area contributed by atoms with Crippen LogP contribution in [-0.4, -0.2) is 42.1 Å². The molecule has 5 nitrogen and oxygen atoms in total. The Labute approximate surface area is 143 Å². The van der Waals surface area contributed by atoms with Gasteiger partial charge in [-0.05, 0) is 56.2 Å². The number of rotatable bonds is 7. The highest BCUT2D eigenvalue weighted by atomic mass is 16.6. The van der Waals surface area contributed by atoms with Crippen molar-refractivity contribution in [1.29, 1.82) is 0 Å². The quantitative estimate of drug-likeness (QED) is 0.836. The Morgan fingerprint density at radius 2 is 2.08 bits per heavy atom. The highest BCUT2D eigenvalue weighted by Crippen LogP contribution is 2.30. The first-order valence-electron chi connectivity index (χ1n) is 8.83. The molecule has 0 bridgehead atoms. The zero-order valence-corrected chi connectivity index (χ0v) is 14.5. The Morgan fingerprint density at radius 3 is 2.79 bits per heavy atom. The van der Waals surface area contributed by atoms with Crippen LogP contribution in [0.15, 0.2) is 18.2 Å². The number of benzene rings is 1. The lowest BCUT2D eigenvalue weighted by Gasteiger charge is -2.11. The highest BCUT2D eigenvalue weighted by Gasteiger charge is 2.40. The molecule has 1 aromatic carbocycles. The normalized spacial score (nSPS) is 20.2. The number of nitrogens with zero attached hydrogens (tertiary/aromatic N) is 1. The number of hydrogen-bond acceptors (Lipinski definition) is 3. The molecule has 1 aliphatic heterocycles. The van der Waals surface area contributed by atoms with Crippen LogP contribution in [0.3, 0.4) is 0 Å². The Morgan fingerprint density at radius 1 is 1.29 bits per heavy atom. The molecule has 1 aromatic rings. The molecule has 2 aliphatic rings. The summed E-state index contributed by atoms with van der Waals surface area (Å²) in [6.07, 6.45) is 3.95. The molecular formula is C19H26N2O3. The second-order valence-electron chi connectivity index (χ2n) is 6.97. The Bertz CT molecular complexity index is 625. The van der Waals surface area contributed by atoms with Gasteiger partial charge in [-0.2, -0.15) is 0 Å². The summed E-state index contributed by atoms with van der Waals surface area (Å²) in [5.74, 6) is 0.0276. The number of ether oxygens (including phenoxy) is 1. The Hall–Kier alpha value is -2.04. The molecule has 0 aromatic heterocycles. The number of carbonyl (C=O) groups excluding carboxylic acids is 2. The van der Waals surface area contributed by atoms with Crippen LogP contribution in [0.1, 0.15) is 42.4 Å². The first kappa shape index (κ1) is 16.8. The van der Waals surface area contributed by atoms with E-state index in [2.05, 4.69) is 37.4 Å². The summed E-state index contributed by atoms with van der Waals surface area (Å²) in [5, 5.41) is 2.89. The van der Waals surface area contributed by atoms with E-state index in [4.69, 9.17) is 4.74 Å². The summed E-state index contributed by atoms with van der Waals surface area (Å²) in [4.78, 5) is 25.4. The zero-order valence-electron chi connectivity index (χ0n) is 14.5. The van der Waals surface area contributed by atoms with E-state index in [1.54, 1.807) is 4.90 Å². The fourth-order valence-electron chi connectivity index (χ4n) is 3.06. The molecule has 0 radical (unpaired) electrons. The molecule has 1 saturated carbocycles. The topological polar surface area (TPSA) is 58.6 Å². The van der Waals surface area contributed by atoms with E-state index in [1.165, 1.54) is 16.7 Å². The monoisotopic (exact) mass is 330 g/mol. The average molecular weight is 330 g/mol. The van der Waals surface area contributed by atoms with Crippen molar-refractivity contribution in [3.63, 3.8) is 0 Å². The summed E-state index contributed by atoms with van der Waals surface area (Å²) in [6.45, 7) is 5.23. The minimum absolute atomic E-state index is 0.0276. The van der Waals surface area contributed by atoms with Crippen LogP contribution in [0.2, 0.25) is 0 Å². The van der Waals surface area contributed by atoms with Crippen LogP contribution in [0.5, 0.6) is 0 Å². The van der Waals surface area contributed by atoms with Gasteiger partial charge in [-0.15, -0.1) is 0 Å². The number of carbonyl (C=O) groups is 2. The lowest BCUT2D eigenvalue weighted by Crippen LogP contribution is -2.34. The van der Waals surface area contributed by atoms with Gasteiger partial charge < -0.3 is 15.0 Å². The van der Waals surface area contributed by atoms with Crippen molar-refractivity contribution in [2.75, 3.05) is 13.1 Å². The summed E-state index contributed by atoms with van der Waals surface area (Å²) in [6, 6.07) is 6.82. The minimum Gasteiger partial charge on any atom is -0.442 e. The van der Waals surface area contributed by atoms with Crippen LogP contribution < -0.4 is 5.32 Å². The first-order chi connectivity index (χ1) is 11.5. The van der Waals surface area contributed by atoms with Crippen LogP contribution in [-0.2, 0) is 16.0 Å². The van der Waals surface area contributed by atoms with Crippen molar-refractivity contribution in [3.8, 4) is 0 Å². The molecule has 1 aliphatic carbocycles.